The van der Waals surface area contributed by atoms with Gasteiger partial charge < -0.3 is 15.4 Å². The molecule has 0 aliphatic carbocycles. The van der Waals surface area contributed by atoms with Crippen molar-refractivity contribution in [2.75, 3.05) is 32.1 Å². The Morgan fingerprint density at radius 3 is 3.11 bits per heavy atom. The van der Waals surface area contributed by atoms with Crippen molar-refractivity contribution in [2.24, 2.45) is 0 Å². The number of hydrogen-bond donors (Lipinski definition) is 2. The van der Waals surface area contributed by atoms with Crippen LogP contribution in [0.3, 0.4) is 0 Å². The average molecular weight is 314 g/mol. The van der Waals surface area contributed by atoms with Crippen LogP contribution in [0.1, 0.15) is 18.4 Å². The van der Waals surface area contributed by atoms with Gasteiger partial charge in [0.25, 0.3) is 0 Å². The zero-order valence-corrected chi connectivity index (χ0v) is 12.5. The molecule has 0 amide bonds. The van der Waals surface area contributed by atoms with Gasteiger partial charge in [-0.1, -0.05) is 0 Å². The summed E-state index contributed by atoms with van der Waals surface area (Å²) >= 11 is 3.57. The van der Waals surface area contributed by atoms with Gasteiger partial charge in [0.15, 0.2) is 0 Å². The normalized spacial score (nSPS) is 23.3. The number of hydrogen-bond acceptors (Lipinski definition) is 4. The van der Waals surface area contributed by atoms with Crippen molar-refractivity contribution in [1.82, 2.24) is 10.3 Å². The van der Waals surface area contributed by atoms with Gasteiger partial charge in [0.2, 0.25) is 0 Å². The van der Waals surface area contributed by atoms with Crippen LogP contribution in [0.2, 0.25) is 0 Å². The molecule has 5 heteroatoms. The average Bonchev–Trinajstić information content (AvgIpc) is 2.81. The Kier molecular flexibility index (Phi) is 4.59. The van der Waals surface area contributed by atoms with E-state index in [1.54, 1.807) is 7.11 Å². The van der Waals surface area contributed by atoms with E-state index in [0.717, 1.165) is 36.4 Å². The van der Waals surface area contributed by atoms with Gasteiger partial charge in [0.05, 0.1) is 16.6 Å². The number of anilines is 1. The molecule has 0 saturated carbocycles. The first-order chi connectivity index (χ1) is 8.67. The van der Waals surface area contributed by atoms with E-state index in [4.69, 9.17) is 4.74 Å². The van der Waals surface area contributed by atoms with E-state index in [2.05, 4.69) is 38.5 Å². The Labute approximate surface area is 117 Å². The first-order valence-corrected chi connectivity index (χ1v) is 7.05. The zero-order valence-electron chi connectivity index (χ0n) is 10.9. The molecule has 1 atom stereocenters. The van der Waals surface area contributed by atoms with Crippen LogP contribution in [0.25, 0.3) is 0 Å². The Morgan fingerprint density at radius 1 is 1.61 bits per heavy atom. The third-order valence-electron chi connectivity index (χ3n) is 3.43. The minimum atomic E-state index is 0.0413. The van der Waals surface area contributed by atoms with Gasteiger partial charge in [-0.15, -0.1) is 0 Å². The lowest BCUT2D eigenvalue weighted by molar-refractivity contribution is 0.127. The summed E-state index contributed by atoms with van der Waals surface area (Å²) in [7, 11) is 1.75. The molecule has 0 spiro atoms. The van der Waals surface area contributed by atoms with Crippen LogP contribution in [0.4, 0.5) is 5.82 Å². The van der Waals surface area contributed by atoms with Crippen molar-refractivity contribution in [1.29, 1.82) is 0 Å². The summed E-state index contributed by atoms with van der Waals surface area (Å²) in [6.45, 7) is 4.68. The summed E-state index contributed by atoms with van der Waals surface area (Å²) in [6, 6.07) is 1.99. The summed E-state index contributed by atoms with van der Waals surface area (Å²) in [5.74, 6) is 0.902. The van der Waals surface area contributed by atoms with E-state index >= 15 is 0 Å². The fourth-order valence-electron chi connectivity index (χ4n) is 2.39. The van der Waals surface area contributed by atoms with Crippen LogP contribution in [0.15, 0.2) is 16.7 Å². The van der Waals surface area contributed by atoms with E-state index in [1.807, 2.05) is 12.3 Å². The van der Waals surface area contributed by atoms with Crippen LogP contribution >= 0.6 is 15.9 Å². The Bertz CT molecular complexity index is 405. The molecule has 0 bridgehead atoms. The van der Waals surface area contributed by atoms with E-state index in [-0.39, 0.29) is 5.54 Å². The largest absolute Gasteiger partial charge is 0.383 e. The van der Waals surface area contributed by atoms with Crippen LogP contribution in [-0.2, 0) is 4.74 Å². The number of nitrogens with one attached hydrogen (secondary N) is 2. The number of halogens is 1. The molecule has 1 aliphatic rings. The van der Waals surface area contributed by atoms with Crippen molar-refractivity contribution < 1.29 is 4.74 Å². The maximum atomic E-state index is 5.34. The topological polar surface area (TPSA) is 46.2 Å². The Balaban J connectivity index is 2.03. The quantitative estimate of drug-likeness (QED) is 0.876. The van der Waals surface area contributed by atoms with Gasteiger partial charge in [0, 0.05) is 19.9 Å². The molecule has 1 saturated heterocycles. The van der Waals surface area contributed by atoms with Crippen molar-refractivity contribution >= 4 is 21.7 Å². The van der Waals surface area contributed by atoms with E-state index < -0.39 is 0 Å². The molecule has 100 valence electrons. The van der Waals surface area contributed by atoms with E-state index in [0.29, 0.717) is 0 Å². The first kappa shape index (κ1) is 13.8. The standard InChI is InChI=1S/C13H20BrN3O/c1-10-4-7-15-12(11(10)14)16-8-13(9-18-2)5-3-6-17-13/h4,7,17H,3,5-6,8-9H2,1-2H3,(H,15,16). The molecule has 1 aliphatic heterocycles. The minimum absolute atomic E-state index is 0.0413. The second kappa shape index (κ2) is 5.99. The highest BCUT2D eigenvalue weighted by molar-refractivity contribution is 9.10. The molecule has 1 aromatic rings. The Morgan fingerprint density at radius 2 is 2.44 bits per heavy atom. The summed E-state index contributed by atoms with van der Waals surface area (Å²) in [5, 5.41) is 6.97. The third-order valence-corrected chi connectivity index (χ3v) is 4.43. The van der Waals surface area contributed by atoms with E-state index in [1.165, 1.54) is 12.0 Å². The molecule has 1 fully saturated rings. The maximum absolute atomic E-state index is 5.34. The van der Waals surface area contributed by atoms with Crippen LogP contribution in [0, 0.1) is 6.92 Å². The van der Waals surface area contributed by atoms with Crippen LogP contribution in [0.5, 0.6) is 0 Å². The summed E-state index contributed by atoms with van der Waals surface area (Å²) in [5.41, 5.74) is 1.23. The number of methoxy groups -OCH3 is 1. The van der Waals surface area contributed by atoms with Gasteiger partial charge >= 0.3 is 0 Å². The second-order valence-electron chi connectivity index (χ2n) is 4.89. The molecule has 18 heavy (non-hydrogen) atoms. The number of aromatic nitrogens is 1. The molecule has 0 radical (unpaired) electrons. The van der Waals surface area contributed by atoms with Crippen molar-refractivity contribution in [3.8, 4) is 0 Å². The number of rotatable bonds is 5. The lowest BCUT2D eigenvalue weighted by Gasteiger charge is -2.29. The lowest BCUT2D eigenvalue weighted by atomic mass is 9.98. The van der Waals surface area contributed by atoms with Crippen molar-refractivity contribution in [2.45, 2.75) is 25.3 Å². The first-order valence-electron chi connectivity index (χ1n) is 6.26. The lowest BCUT2D eigenvalue weighted by Crippen LogP contribution is -2.49. The SMILES string of the molecule is COCC1(CNc2nccc(C)c2Br)CCCN1. The maximum Gasteiger partial charge on any atom is 0.140 e. The van der Waals surface area contributed by atoms with Gasteiger partial charge in [-0.2, -0.15) is 0 Å². The summed E-state index contributed by atoms with van der Waals surface area (Å²) in [6.07, 6.45) is 4.16. The molecule has 2 N–H and O–H groups in total. The number of nitrogens with zero attached hydrogens (tertiary/aromatic N) is 1. The minimum Gasteiger partial charge on any atom is -0.383 e. The molecule has 2 rings (SSSR count). The van der Waals surface area contributed by atoms with Crippen LogP contribution < -0.4 is 10.6 Å². The molecular formula is C13H20BrN3O. The predicted octanol–water partition coefficient (Wildman–Crippen LogP) is 2.33. The molecule has 0 aromatic carbocycles. The molecule has 1 aromatic heterocycles. The fraction of sp³-hybridized carbons (Fsp3) is 0.615. The molecule has 2 heterocycles. The molecule has 4 nitrogen and oxygen atoms in total. The van der Waals surface area contributed by atoms with E-state index in [9.17, 15) is 0 Å². The second-order valence-corrected chi connectivity index (χ2v) is 5.68. The van der Waals surface area contributed by atoms with Gasteiger partial charge in [-0.25, -0.2) is 4.98 Å². The van der Waals surface area contributed by atoms with Gasteiger partial charge in [-0.05, 0) is 53.9 Å². The zero-order chi connectivity index (χ0) is 13.0. The van der Waals surface area contributed by atoms with Crippen LogP contribution in [-0.4, -0.2) is 37.3 Å². The molecular weight excluding hydrogens is 294 g/mol. The van der Waals surface area contributed by atoms with Gasteiger partial charge in [0.1, 0.15) is 5.82 Å². The van der Waals surface area contributed by atoms with Crippen molar-refractivity contribution in [3.05, 3.63) is 22.3 Å². The smallest absolute Gasteiger partial charge is 0.140 e. The summed E-state index contributed by atoms with van der Waals surface area (Å²) in [4.78, 5) is 4.36. The fourth-order valence-corrected chi connectivity index (χ4v) is 2.76. The number of aryl methyl sites for hydroxylation is 1. The van der Waals surface area contributed by atoms with Gasteiger partial charge in [-0.3, -0.25) is 0 Å². The Hall–Kier alpha value is -0.650. The molecule has 1 unspecified atom stereocenters. The highest BCUT2D eigenvalue weighted by Gasteiger charge is 2.33. The number of pyridine rings is 1. The van der Waals surface area contributed by atoms with Crippen molar-refractivity contribution in [3.63, 3.8) is 0 Å². The highest BCUT2D eigenvalue weighted by atomic mass is 79.9. The monoisotopic (exact) mass is 313 g/mol. The third kappa shape index (κ3) is 3.02. The summed E-state index contributed by atoms with van der Waals surface area (Å²) < 4.78 is 6.37. The number of ether oxygens (including phenoxy) is 1. The highest BCUT2D eigenvalue weighted by Crippen LogP contribution is 2.25. The predicted molar refractivity (Wildman–Crippen MR) is 77.0 cm³/mol.